The van der Waals surface area contributed by atoms with Crippen LogP contribution in [0.1, 0.15) is 19.3 Å². The van der Waals surface area contributed by atoms with Crippen molar-refractivity contribution in [1.82, 2.24) is 0 Å². The Morgan fingerprint density at radius 2 is 2.00 bits per heavy atom. The lowest BCUT2D eigenvalue weighted by molar-refractivity contribution is 0.766. The SMILES string of the molecule is [C-]#[N+]CCCCCBr. The zero-order valence-corrected chi connectivity index (χ0v) is 6.45. The van der Waals surface area contributed by atoms with E-state index in [1.165, 1.54) is 12.8 Å². The van der Waals surface area contributed by atoms with Crippen LogP contribution in [0.25, 0.3) is 4.85 Å². The zero-order valence-electron chi connectivity index (χ0n) is 4.86. The van der Waals surface area contributed by atoms with E-state index < -0.39 is 0 Å². The van der Waals surface area contributed by atoms with Crippen LogP contribution in [-0.2, 0) is 0 Å². The summed E-state index contributed by atoms with van der Waals surface area (Å²) in [7, 11) is 0. The molecule has 0 saturated heterocycles. The van der Waals surface area contributed by atoms with Gasteiger partial charge in [0.05, 0.1) is 0 Å². The van der Waals surface area contributed by atoms with Crippen LogP contribution in [0.5, 0.6) is 0 Å². The van der Waals surface area contributed by atoms with Gasteiger partial charge in [-0.3, -0.25) is 0 Å². The van der Waals surface area contributed by atoms with Crippen molar-refractivity contribution >= 4 is 15.9 Å². The largest absolute Gasteiger partial charge is 0.317 e. The number of unbranched alkanes of at least 4 members (excludes halogenated alkanes) is 2. The molecule has 0 heterocycles. The quantitative estimate of drug-likeness (QED) is 0.352. The molecule has 0 aromatic carbocycles. The Morgan fingerprint density at radius 1 is 1.25 bits per heavy atom. The molecule has 0 atom stereocenters. The topological polar surface area (TPSA) is 4.36 Å². The molecule has 2 heteroatoms. The maximum absolute atomic E-state index is 6.45. The van der Waals surface area contributed by atoms with Crippen LogP contribution in [0.15, 0.2) is 0 Å². The van der Waals surface area contributed by atoms with Crippen LogP contribution in [0.2, 0.25) is 0 Å². The highest BCUT2D eigenvalue weighted by molar-refractivity contribution is 9.09. The van der Waals surface area contributed by atoms with Gasteiger partial charge in [-0.2, -0.15) is 0 Å². The van der Waals surface area contributed by atoms with Crippen LogP contribution >= 0.6 is 15.9 Å². The number of rotatable bonds is 4. The van der Waals surface area contributed by atoms with Gasteiger partial charge in [-0.05, 0) is 12.8 Å². The van der Waals surface area contributed by atoms with Crippen LogP contribution in [0.4, 0.5) is 0 Å². The third kappa shape index (κ3) is 5.97. The molecule has 0 aliphatic heterocycles. The molecule has 46 valence electrons. The summed E-state index contributed by atoms with van der Waals surface area (Å²) in [6, 6.07) is 0. The molecule has 0 fully saturated rings. The molecular weight excluding hydrogens is 166 g/mol. The fourth-order valence-electron chi connectivity index (χ4n) is 0.462. The van der Waals surface area contributed by atoms with Gasteiger partial charge in [0.25, 0.3) is 0 Å². The molecule has 0 radical (unpaired) electrons. The normalized spacial score (nSPS) is 8.50. The summed E-state index contributed by atoms with van der Waals surface area (Å²) in [4.78, 5) is 3.24. The van der Waals surface area contributed by atoms with Gasteiger partial charge >= 0.3 is 0 Å². The molecule has 0 aromatic rings. The molecule has 1 nitrogen and oxygen atoms in total. The Hall–Kier alpha value is -0.0300. The van der Waals surface area contributed by atoms with Gasteiger partial charge in [-0.15, -0.1) is 0 Å². The zero-order chi connectivity index (χ0) is 6.24. The summed E-state index contributed by atoms with van der Waals surface area (Å²) < 4.78 is 0. The molecule has 0 N–H and O–H groups in total. The second-order valence-corrected chi connectivity index (χ2v) is 2.42. The summed E-state index contributed by atoms with van der Waals surface area (Å²) in [6.45, 7) is 7.15. The van der Waals surface area contributed by atoms with Crippen LogP contribution in [0, 0.1) is 6.57 Å². The molecule has 0 spiro atoms. The standard InChI is InChI=1S/C6H10BrN/c1-8-6-4-2-3-5-7/h2-6H2. The molecule has 0 unspecified atom stereocenters. The fraction of sp³-hybridized carbons (Fsp3) is 0.833. The maximum atomic E-state index is 6.45. The maximum Gasteiger partial charge on any atom is 0.214 e. The number of hydrogen-bond acceptors (Lipinski definition) is 0. The predicted molar refractivity (Wildman–Crippen MR) is 39.1 cm³/mol. The highest BCUT2D eigenvalue weighted by Crippen LogP contribution is 1.97. The number of halogens is 1. The lowest BCUT2D eigenvalue weighted by atomic mass is 10.3. The Morgan fingerprint density at radius 3 is 2.50 bits per heavy atom. The smallest absolute Gasteiger partial charge is 0.214 e. The van der Waals surface area contributed by atoms with E-state index in [0.717, 1.165) is 11.8 Å². The monoisotopic (exact) mass is 175 g/mol. The summed E-state index contributed by atoms with van der Waals surface area (Å²) in [6.07, 6.45) is 3.46. The third-order valence-corrected chi connectivity index (χ3v) is 1.46. The number of nitrogens with zero attached hydrogens (tertiary/aromatic N) is 1. The summed E-state index contributed by atoms with van der Waals surface area (Å²) in [5.74, 6) is 0. The lowest BCUT2D eigenvalue weighted by Gasteiger charge is -1.87. The van der Waals surface area contributed by atoms with Gasteiger partial charge in [0.2, 0.25) is 6.54 Å². The predicted octanol–water partition coefficient (Wildman–Crippen LogP) is 2.47. The Bertz CT molecular complexity index is 75.1. The van der Waals surface area contributed by atoms with Gasteiger partial charge < -0.3 is 4.85 Å². The number of hydrogen-bond donors (Lipinski definition) is 0. The third-order valence-electron chi connectivity index (χ3n) is 0.904. The first-order valence-corrected chi connectivity index (χ1v) is 3.93. The van der Waals surface area contributed by atoms with E-state index in [1.807, 2.05) is 0 Å². The number of alkyl halides is 1. The highest BCUT2D eigenvalue weighted by atomic mass is 79.9. The van der Waals surface area contributed by atoms with E-state index in [1.54, 1.807) is 0 Å². The summed E-state index contributed by atoms with van der Waals surface area (Å²) >= 11 is 3.32. The minimum absolute atomic E-state index is 0.701. The van der Waals surface area contributed by atoms with Gasteiger partial charge in [-0.1, -0.05) is 15.9 Å². The average Bonchev–Trinajstić information content (AvgIpc) is 1.81. The average molecular weight is 176 g/mol. The molecule has 0 amide bonds. The molecule has 0 aliphatic rings. The summed E-state index contributed by atoms with van der Waals surface area (Å²) in [5.41, 5.74) is 0. The van der Waals surface area contributed by atoms with E-state index in [2.05, 4.69) is 20.8 Å². The van der Waals surface area contributed by atoms with Crippen molar-refractivity contribution < 1.29 is 0 Å². The Labute approximate surface area is 59.0 Å². The second kappa shape index (κ2) is 6.97. The molecule has 0 aromatic heterocycles. The molecule has 0 rings (SSSR count). The highest BCUT2D eigenvalue weighted by Gasteiger charge is 1.86. The van der Waals surface area contributed by atoms with Gasteiger partial charge in [0, 0.05) is 11.8 Å². The van der Waals surface area contributed by atoms with Crippen molar-refractivity contribution in [2.45, 2.75) is 19.3 Å². The first kappa shape index (κ1) is 7.97. The molecule has 0 aliphatic carbocycles. The molecular formula is C6H10BrN. The first-order chi connectivity index (χ1) is 3.91. The van der Waals surface area contributed by atoms with Crippen molar-refractivity contribution in [3.63, 3.8) is 0 Å². The molecule has 0 saturated carbocycles. The van der Waals surface area contributed by atoms with Crippen LogP contribution < -0.4 is 0 Å². The molecule has 0 bridgehead atoms. The van der Waals surface area contributed by atoms with Gasteiger partial charge in [0.15, 0.2) is 0 Å². The van der Waals surface area contributed by atoms with Crippen molar-refractivity contribution in [1.29, 1.82) is 0 Å². The van der Waals surface area contributed by atoms with E-state index in [-0.39, 0.29) is 0 Å². The molecule has 8 heavy (non-hydrogen) atoms. The lowest BCUT2D eigenvalue weighted by Crippen LogP contribution is -1.78. The Kier molecular flexibility index (Phi) is 6.94. The second-order valence-electron chi connectivity index (χ2n) is 1.63. The van der Waals surface area contributed by atoms with Gasteiger partial charge in [-0.25, -0.2) is 6.57 Å². The van der Waals surface area contributed by atoms with E-state index in [9.17, 15) is 0 Å². The van der Waals surface area contributed by atoms with Crippen LogP contribution in [-0.4, -0.2) is 11.9 Å². The first-order valence-electron chi connectivity index (χ1n) is 2.81. The van der Waals surface area contributed by atoms with Crippen molar-refractivity contribution in [2.24, 2.45) is 0 Å². The van der Waals surface area contributed by atoms with Gasteiger partial charge in [0.1, 0.15) is 0 Å². The van der Waals surface area contributed by atoms with Crippen molar-refractivity contribution in [3.8, 4) is 0 Å². The minimum Gasteiger partial charge on any atom is -0.317 e. The van der Waals surface area contributed by atoms with Crippen LogP contribution in [0.3, 0.4) is 0 Å². The van der Waals surface area contributed by atoms with E-state index in [0.29, 0.717) is 6.54 Å². The fourth-order valence-corrected chi connectivity index (χ4v) is 0.859. The van der Waals surface area contributed by atoms with E-state index in [4.69, 9.17) is 6.57 Å². The Balaban J connectivity index is 2.65. The summed E-state index contributed by atoms with van der Waals surface area (Å²) in [5, 5.41) is 1.07. The van der Waals surface area contributed by atoms with Crippen molar-refractivity contribution in [3.05, 3.63) is 11.4 Å². The van der Waals surface area contributed by atoms with E-state index >= 15 is 0 Å². The van der Waals surface area contributed by atoms with Crippen molar-refractivity contribution in [2.75, 3.05) is 11.9 Å². The minimum atomic E-state index is 0.701.